The standard InChI is InChI=1S/C19H23NO4.C2H6O/c1-22-18-5-3-4-16(14-18)12-13-24-17-9-6-15(7-10-17)8-11-19(21)20-23-2;1-2-3/h3-7,9-10,14H,8,11-13H2,1-2H3,(H,20,21);3H,2H2,1H3. The molecule has 27 heavy (non-hydrogen) atoms. The Labute approximate surface area is 161 Å². The van der Waals surface area contributed by atoms with Crippen LogP contribution in [0.1, 0.15) is 24.5 Å². The molecule has 0 fully saturated rings. The summed E-state index contributed by atoms with van der Waals surface area (Å²) in [4.78, 5) is 15.9. The molecule has 0 aliphatic carbocycles. The summed E-state index contributed by atoms with van der Waals surface area (Å²) in [6, 6.07) is 15.8. The van der Waals surface area contributed by atoms with Crippen LogP contribution in [0.3, 0.4) is 0 Å². The van der Waals surface area contributed by atoms with E-state index < -0.39 is 0 Å². The fourth-order valence-corrected chi connectivity index (χ4v) is 2.29. The number of carbonyl (C=O) groups is 1. The number of aliphatic hydroxyl groups excluding tert-OH is 1. The summed E-state index contributed by atoms with van der Waals surface area (Å²) in [7, 11) is 3.09. The number of methoxy groups -OCH3 is 1. The Kier molecular flexibility index (Phi) is 11.3. The molecule has 0 radical (unpaired) electrons. The molecule has 0 aliphatic rings. The fourth-order valence-electron chi connectivity index (χ4n) is 2.29. The number of aliphatic hydroxyl groups is 1. The first-order chi connectivity index (χ1) is 13.1. The third kappa shape index (κ3) is 9.63. The molecule has 6 heteroatoms. The number of hydrogen-bond donors (Lipinski definition) is 2. The van der Waals surface area contributed by atoms with Gasteiger partial charge in [-0.25, -0.2) is 5.48 Å². The van der Waals surface area contributed by atoms with Crippen LogP contribution in [0, 0.1) is 0 Å². The lowest BCUT2D eigenvalue weighted by atomic mass is 10.1. The summed E-state index contributed by atoms with van der Waals surface area (Å²) in [6.07, 6.45) is 1.87. The van der Waals surface area contributed by atoms with E-state index in [1.54, 1.807) is 14.0 Å². The van der Waals surface area contributed by atoms with Gasteiger partial charge in [-0.05, 0) is 48.7 Å². The number of aryl methyl sites for hydroxylation is 1. The molecule has 2 N–H and O–H groups in total. The minimum absolute atomic E-state index is 0.129. The van der Waals surface area contributed by atoms with Crippen molar-refractivity contribution in [2.24, 2.45) is 0 Å². The molecule has 6 nitrogen and oxygen atoms in total. The lowest BCUT2D eigenvalue weighted by Gasteiger charge is -2.08. The minimum atomic E-state index is -0.129. The Morgan fingerprint density at radius 3 is 2.33 bits per heavy atom. The molecule has 0 aromatic heterocycles. The van der Waals surface area contributed by atoms with Gasteiger partial charge in [0.1, 0.15) is 11.5 Å². The third-order valence-electron chi connectivity index (χ3n) is 3.57. The molecule has 0 unspecified atom stereocenters. The van der Waals surface area contributed by atoms with Crippen molar-refractivity contribution in [1.82, 2.24) is 5.48 Å². The van der Waals surface area contributed by atoms with E-state index in [0.29, 0.717) is 19.4 Å². The van der Waals surface area contributed by atoms with Crippen LogP contribution in [0.15, 0.2) is 48.5 Å². The van der Waals surface area contributed by atoms with E-state index in [9.17, 15) is 4.79 Å². The summed E-state index contributed by atoms with van der Waals surface area (Å²) < 4.78 is 11.0. The summed E-state index contributed by atoms with van der Waals surface area (Å²) >= 11 is 0. The Morgan fingerprint density at radius 2 is 1.70 bits per heavy atom. The normalized spacial score (nSPS) is 9.78. The highest BCUT2D eigenvalue weighted by atomic mass is 16.6. The van der Waals surface area contributed by atoms with Crippen LogP contribution in [0.25, 0.3) is 0 Å². The quantitative estimate of drug-likeness (QED) is 0.659. The maximum absolute atomic E-state index is 11.3. The van der Waals surface area contributed by atoms with Crippen LogP contribution < -0.4 is 15.0 Å². The number of hydrogen-bond acceptors (Lipinski definition) is 5. The van der Waals surface area contributed by atoms with Crippen LogP contribution in [0.4, 0.5) is 0 Å². The highest BCUT2D eigenvalue weighted by Crippen LogP contribution is 2.16. The van der Waals surface area contributed by atoms with Crippen LogP contribution in [0.5, 0.6) is 11.5 Å². The van der Waals surface area contributed by atoms with Gasteiger partial charge in [0, 0.05) is 19.4 Å². The molecule has 2 aromatic carbocycles. The average Bonchev–Trinajstić information content (AvgIpc) is 2.68. The first-order valence-electron chi connectivity index (χ1n) is 8.90. The summed E-state index contributed by atoms with van der Waals surface area (Å²) in [5.41, 5.74) is 4.57. The topological polar surface area (TPSA) is 77.0 Å². The van der Waals surface area contributed by atoms with E-state index in [1.165, 1.54) is 12.7 Å². The van der Waals surface area contributed by atoms with E-state index in [2.05, 4.69) is 16.4 Å². The van der Waals surface area contributed by atoms with E-state index >= 15 is 0 Å². The summed E-state index contributed by atoms with van der Waals surface area (Å²) in [5, 5.41) is 7.57. The van der Waals surface area contributed by atoms with Gasteiger partial charge in [-0.2, -0.15) is 0 Å². The van der Waals surface area contributed by atoms with E-state index in [0.717, 1.165) is 23.5 Å². The Bertz CT molecular complexity index is 658. The van der Waals surface area contributed by atoms with E-state index in [4.69, 9.17) is 14.6 Å². The van der Waals surface area contributed by atoms with Crippen molar-refractivity contribution in [2.45, 2.75) is 26.2 Å². The maximum Gasteiger partial charge on any atom is 0.243 e. The van der Waals surface area contributed by atoms with Crippen molar-refractivity contribution in [3.05, 3.63) is 59.7 Å². The largest absolute Gasteiger partial charge is 0.497 e. The van der Waals surface area contributed by atoms with Gasteiger partial charge in [0.15, 0.2) is 0 Å². The smallest absolute Gasteiger partial charge is 0.243 e. The molecule has 148 valence electrons. The lowest BCUT2D eigenvalue weighted by molar-refractivity contribution is -0.131. The molecule has 0 spiro atoms. The van der Waals surface area contributed by atoms with Gasteiger partial charge in [-0.3, -0.25) is 9.63 Å². The number of carbonyl (C=O) groups excluding carboxylic acids is 1. The van der Waals surface area contributed by atoms with Gasteiger partial charge < -0.3 is 14.6 Å². The fraction of sp³-hybridized carbons (Fsp3) is 0.381. The second-order valence-electron chi connectivity index (χ2n) is 5.64. The SMILES string of the molecule is CCO.CONC(=O)CCc1ccc(OCCc2cccc(OC)c2)cc1. The molecule has 0 atom stereocenters. The average molecular weight is 375 g/mol. The lowest BCUT2D eigenvalue weighted by Crippen LogP contribution is -2.21. The van der Waals surface area contributed by atoms with Gasteiger partial charge in [-0.15, -0.1) is 0 Å². The first kappa shape index (κ1) is 22.5. The second kappa shape index (κ2) is 13.6. The number of ether oxygens (including phenoxy) is 2. The molecular weight excluding hydrogens is 346 g/mol. The van der Waals surface area contributed by atoms with Crippen LogP contribution >= 0.6 is 0 Å². The van der Waals surface area contributed by atoms with Crippen molar-refractivity contribution < 1.29 is 24.2 Å². The van der Waals surface area contributed by atoms with Gasteiger partial charge in [-0.1, -0.05) is 24.3 Å². The molecule has 2 rings (SSSR count). The highest BCUT2D eigenvalue weighted by Gasteiger charge is 2.02. The molecule has 0 bridgehead atoms. The molecule has 0 aliphatic heterocycles. The predicted molar refractivity (Wildman–Crippen MR) is 105 cm³/mol. The van der Waals surface area contributed by atoms with Crippen molar-refractivity contribution in [3.8, 4) is 11.5 Å². The summed E-state index contributed by atoms with van der Waals surface area (Å²) in [5.74, 6) is 1.55. The van der Waals surface area contributed by atoms with Crippen molar-refractivity contribution in [1.29, 1.82) is 0 Å². The van der Waals surface area contributed by atoms with Gasteiger partial charge in [0.05, 0.1) is 20.8 Å². The van der Waals surface area contributed by atoms with Crippen LogP contribution in [0.2, 0.25) is 0 Å². The zero-order chi connectivity index (χ0) is 19.9. The molecule has 0 saturated carbocycles. The first-order valence-corrected chi connectivity index (χ1v) is 8.90. The minimum Gasteiger partial charge on any atom is -0.497 e. The predicted octanol–water partition coefficient (Wildman–Crippen LogP) is 2.93. The van der Waals surface area contributed by atoms with Crippen LogP contribution in [-0.4, -0.2) is 38.4 Å². The zero-order valence-corrected chi connectivity index (χ0v) is 16.2. The van der Waals surface area contributed by atoms with Gasteiger partial charge in [0.2, 0.25) is 5.91 Å². The number of benzene rings is 2. The second-order valence-corrected chi connectivity index (χ2v) is 5.64. The maximum atomic E-state index is 11.3. The van der Waals surface area contributed by atoms with Crippen LogP contribution in [-0.2, 0) is 22.5 Å². The number of rotatable bonds is 9. The molecule has 2 aromatic rings. The van der Waals surface area contributed by atoms with Crippen molar-refractivity contribution in [3.63, 3.8) is 0 Å². The van der Waals surface area contributed by atoms with Crippen molar-refractivity contribution in [2.75, 3.05) is 27.4 Å². The Balaban J connectivity index is 0.00000114. The van der Waals surface area contributed by atoms with E-state index in [-0.39, 0.29) is 12.5 Å². The zero-order valence-electron chi connectivity index (χ0n) is 16.2. The third-order valence-corrected chi connectivity index (χ3v) is 3.57. The Hall–Kier alpha value is -2.57. The van der Waals surface area contributed by atoms with E-state index in [1.807, 2.05) is 42.5 Å². The number of nitrogens with one attached hydrogen (secondary N) is 1. The van der Waals surface area contributed by atoms with Gasteiger partial charge >= 0.3 is 0 Å². The molecule has 0 heterocycles. The van der Waals surface area contributed by atoms with Gasteiger partial charge in [0.25, 0.3) is 0 Å². The number of hydroxylamine groups is 1. The van der Waals surface area contributed by atoms with Crippen molar-refractivity contribution >= 4 is 5.91 Å². The Morgan fingerprint density at radius 1 is 1.00 bits per heavy atom. The number of amides is 1. The highest BCUT2D eigenvalue weighted by molar-refractivity contribution is 5.75. The molecule has 1 amide bonds. The molecular formula is C21H29NO5. The molecule has 0 saturated heterocycles. The summed E-state index contributed by atoms with van der Waals surface area (Å²) in [6.45, 7) is 2.53. The monoisotopic (exact) mass is 375 g/mol.